The van der Waals surface area contributed by atoms with E-state index in [1.165, 1.54) is 12.1 Å². The number of aromatic amines is 1. The van der Waals surface area contributed by atoms with E-state index >= 15 is 0 Å². The molecule has 0 unspecified atom stereocenters. The van der Waals surface area contributed by atoms with Crippen molar-refractivity contribution in [2.75, 3.05) is 12.4 Å². The van der Waals surface area contributed by atoms with Gasteiger partial charge in [0.25, 0.3) is 0 Å². The molecule has 0 amide bonds. The Morgan fingerprint density at radius 3 is 2.48 bits per heavy atom. The third-order valence-electron chi connectivity index (χ3n) is 4.81. The molecule has 4 rings (SSSR count). The van der Waals surface area contributed by atoms with Crippen LogP contribution in [0.3, 0.4) is 0 Å². The fourth-order valence-corrected chi connectivity index (χ4v) is 3.39. The Balaban J connectivity index is 1.93. The maximum absolute atomic E-state index is 13.3. The Hall–Kier alpha value is -3.35. The number of anilines is 1. The van der Waals surface area contributed by atoms with Crippen LogP contribution >= 0.6 is 0 Å². The lowest BCUT2D eigenvalue weighted by atomic mass is 10.0. The lowest BCUT2D eigenvalue weighted by Gasteiger charge is -2.05. The van der Waals surface area contributed by atoms with Gasteiger partial charge in [-0.15, -0.1) is 0 Å². The highest BCUT2D eigenvalue weighted by Gasteiger charge is 2.16. The van der Waals surface area contributed by atoms with Crippen molar-refractivity contribution in [1.82, 2.24) is 19.1 Å². The molecule has 27 heavy (non-hydrogen) atoms. The molecule has 0 bridgehead atoms. The second kappa shape index (κ2) is 6.42. The number of hydrogen-bond donors (Lipinski definition) is 2. The normalized spacial score (nSPS) is 11.3. The number of aryl methyl sites for hydroxylation is 2. The third-order valence-corrected chi connectivity index (χ3v) is 4.81. The molecule has 0 saturated heterocycles. The lowest BCUT2D eigenvalue weighted by molar-refractivity contribution is 0.628. The summed E-state index contributed by atoms with van der Waals surface area (Å²) in [7, 11) is 3.55. The van der Waals surface area contributed by atoms with Crippen molar-refractivity contribution in [3.63, 3.8) is 0 Å². The van der Waals surface area contributed by atoms with E-state index < -0.39 is 0 Å². The Labute approximate surface area is 155 Å². The molecular formula is C20H20FN5O. The van der Waals surface area contributed by atoms with E-state index in [9.17, 15) is 9.18 Å². The van der Waals surface area contributed by atoms with E-state index in [2.05, 4.69) is 15.3 Å². The quantitative estimate of drug-likeness (QED) is 0.581. The Bertz CT molecular complexity index is 1180. The molecule has 0 atom stereocenters. The summed E-state index contributed by atoms with van der Waals surface area (Å²) < 4.78 is 16.7. The minimum atomic E-state index is -0.286. The van der Waals surface area contributed by atoms with Crippen LogP contribution in [0.1, 0.15) is 6.92 Å². The highest BCUT2D eigenvalue weighted by molar-refractivity contribution is 5.87. The molecule has 2 aromatic heterocycles. The summed E-state index contributed by atoms with van der Waals surface area (Å²) in [5.74, 6) is 0.329. The molecule has 0 fully saturated rings. The summed E-state index contributed by atoms with van der Waals surface area (Å²) in [6.45, 7) is 2.57. The summed E-state index contributed by atoms with van der Waals surface area (Å²) >= 11 is 0. The van der Waals surface area contributed by atoms with E-state index in [-0.39, 0.29) is 11.5 Å². The first-order chi connectivity index (χ1) is 13.0. The number of nitrogens with zero attached hydrogens (tertiary/aromatic N) is 3. The van der Waals surface area contributed by atoms with Gasteiger partial charge in [-0.2, -0.15) is 0 Å². The van der Waals surface area contributed by atoms with Gasteiger partial charge in [0.15, 0.2) is 0 Å². The molecule has 0 saturated carbocycles. The molecule has 2 N–H and O–H groups in total. The Morgan fingerprint density at radius 1 is 1.11 bits per heavy atom. The van der Waals surface area contributed by atoms with Gasteiger partial charge >= 0.3 is 5.69 Å². The van der Waals surface area contributed by atoms with Gasteiger partial charge in [-0.25, -0.2) is 14.2 Å². The zero-order valence-electron chi connectivity index (χ0n) is 15.4. The average Bonchev–Trinajstić information content (AvgIpc) is 3.22. The number of aromatic nitrogens is 4. The number of nitrogens with one attached hydrogen (secondary N) is 2. The maximum Gasteiger partial charge on any atom is 0.328 e. The number of H-pyrrole nitrogens is 1. The number of rotatable bonds is 4. The SMILES string of the molecule is CCn1c(=O)n(C)c2cc(-c3nc(NC)[nH]c3-c3ccc(F)cc3)ccc21. The van der Waals surface area contributed by atoms with Crippen molar-refractivity contribution in [2.45, 2.75) is 13.5 Å². The van der Waals surface area contributed by atoms with Crippen LogP contribution in [0.15, 0.2) is 47.3 Å². The second-order valence-electron chi connectivity index (χ2n) is 6.36. The largest absolute Gasteiger partial charge is 0.359 e. The van der Waals surface area contributed by atoms with Crippen LogP contribution < -0.4 is 11.0 Å². The predicted molar refractivity (Wildman–Crippen MR) is 105 cm³/mol. The summed E-state index contributed by atoms with van der Waals surface area (Å²) in [6, 6.07) is 12.1. The molecule has 2 heterocycles. The smallest absolute Gasteiger partial charge is 0.328 e. The van der Waals surface area contributed by atoms with E-state index in [0.29, 0.717) is 12.5 Å². The highest BCUT2D eigenvalue weighted by Crippen LogP contribution is 2.33. The fraction of sp³-hybridized carbons (Fsp3) is 0.200. The van der Waals surface area contributed by atoms with Gasteiger partial charge in [-0.3, -0.25) is 9.13 Å². The van der Waals surface area contributed by atoms with Gasteiger partial charge < -0.3 is 10.3 Å². The van der Waals surface area contributed by atoms with Gasteiger partial charge in [0.2, 0.25) is 5.95 Å². The van der Waals surface area contributed by atoms with E-state index in [4.69, 9.17) is 0 Å². The topological polar surface area (TPSA) is 67.6 Å². The van der Waals surface area contributed by atoms with Crippen molar-refractivity contribution in [3.05, 3.63) is 58.8 Å². The Morgan fingerprint density at radius 2 is 1.81 bits per heavy atom. The van der Waals surface area contributed by atoms with Crippen LogP contribution in [-0.4, -0.2) is 26.1 Å². The zero-order chi connectivity index (χ0) is 19.1. The monoisotopic (exact) mass is 365 g/mol. The van der Waals surface area contributed by atoms with Crippen molar-refractivity contribution >= 4 is 17.0 Å². The number of imidazole rings is 2. The third kappa shape index (κ3) is 2.71. The molecule has 0 aliphatic rings. The minimum Gasteiger partial charge on any atom is -0.359 e. The van der Waals surface area contributed by atoms with Crippen molar-refractivity contribution in [3.8, 4) is 22.5 Å². The van der Waals surface area contributed by atoms with Gasteiger partial charge in [-0.05, 0) is 43.3 Å². The molecule has 0 spiro atoms. The predicted octanol–water partition coefficient (Wildman–Crippen LogP) is 3.60. The van der Waals surface area contributed by atoms with Crippen LogP contribution in [0.25, 0.3) is 33.5 Å². The molecule has 0 aliphatic carbocycles. The Kier molecular flexibility index (Phi) is 4.07. The molecule has 7 heteroatoms. The first kappa shape index (κ1) is 17.1. The van der Waals surface area contributed by atoms with E-state index in [0.717, 1.165) is 33.5 Å². The molecule has 0 radical (unpaired) electrons. The molecular weight excluding hydrogens is 345 g/mol. The molecule has 6 nitrogen and oxygen atoms in total. The van der Waals surface area contributed by atoms with Gasteiger partial charge in [-0.1, -0.05) is 6.07 Å². The summed E-state index contributed by atoms with van der Waals surface area (Å²) in [6.07, 6.45) is 0. The van der Waals surface area contributed by atoms with Crippen molar-refractivity contribution in [2.24, 2.45) is 7.05 Å². The van der Waals surface area contributed by atoms with Crippen LogP contribution in [-0.2, 0) is 13.6 Å². The fourth-order valence-electron chi connectivity index (χ4n) is 3.39. The number of benzene rings is 2. The summed E-state index contributed by atoms with van der Waals surface area (Å²) in [5.41, 5.74) is 4.94. The second-order valence-corrected chi connectivity index (χ2v) is 6.36. The van der Waals surface area contributed by atoms with Gasteiger partial charge in [0.05, 0.1) is 22.4 Å². The van der Waals surface area contributed by atoms with Crippen molar-refractivity contribution in [1.29, 1.82) is 0 Å². The highest BCUT2D eigenvalue weighted by atomic mass is 19.1. The maximum atomic E-state index is 13.3. The average molecular weight is 365 g/mol. The molecule has 138 valence electrons. The van der Waals surface area contributed by atoms with Crippen molar-refractivity contribution < 1.29 is 4.39 Å². The number of fused-ring (bicyclic) bond motifs is 1. The molecule has 4 aromatic rings. The number of halogens is 1. The molecule has 0 aliphatic heterocycles. The van der Waals surface area contributed by atoms with Gasteiger partial charge in [0.1, 0.15) is 5.82 Å². The van der Waals surface area contributed by atoms with Crippen LogP contribution in [0.2, 0.25) is 0 Å². The summed E-state index contributed by atoms with van der Waals surface area (Å²) in [5, 5.41) is 3.01. The minimum absolute atomic E-state index is 0.0404. The zero-order valence-corrected chi connectivity index (χ0v) is 15.4. The van der Waals surface area contributed by atoms with E-state index in [1.807, 2.05) is 25.1 Å². The first-order valence-electron chi connectivity index (χ1n) is 8.76. The van der Waals surface area contributed by atoms with Crippen LogP contribution in [0.5, 0.6) is 0 Å². The lowest BCUT2D eigenvalue weighted by Crippen LogP contribution is -2.21. The van der Waals surface area contributed by atoms with E-state index in [1.54, 1.807) is 35.4 Å². The summed E-state index contributed by atoms with van der Waals surface area (Å²) in [4.78, 5) is 20.3. The molecule has 2 aromatic carbocycles. The van der Waals surface area contributed by atoms with Crippen LogP contribution in [0.4, 0.5) is 10.3 Å². The van der Waals surface area contributed by atoms with Crippen LogP contribution in [0, 0.1) is 5.82 Å². The van der Waals surface area contributed by atoms with Gasteiger partial charge in [0, 0.05) is 31.8 Å². The first-order valence-corrected chi connectivity index (χ1v) is 8.76. The standard InChI is InChI=1S/C20H20FN5O/c1-4-26-15-10-7-13(11-16(15)25(3)20(26)27)18-17(23-19(22-2)24-18)12-5-8-14(21)9-6-12/h5-11H,4H2,1-3H3,(H2,22,23,24). The number of hydrogen-bond acceptors (Lipinski definition) is 3.